The molecule has 3 nitrogen and oxygen atoms in total. The molecule has 0 aliphatic rings. The van der Waals surface area contributed by atoms with E-state index in [0.717, 1.165) is 5.69 Å². The van der Waals surface area contributed by atoms with E-state index in [1.165, 1.54) is 6.08 Å². The van der Waals surface area contributed by atoms with Crippen molar-refractivity contribution in [3.63, 3.8) is 0 Å². The number of nitrogens with zero attached hydrogens (tertiary/aromatic N) is 1. The van der Waals surface area contributed by atoms with Crippen molar-refractivity contribution in [2.45, 2.75) is 6.10 Å². The Balaban J connectivity index is 2.90. The number of aromatic nitrogens is 1. The molecule has 0 amide bonds. The minimum atomic E-state index is -0.740. The van der Waals surface area contributed by atoms with Gasteiger partial charge in [0.2, 0.25) is 0 Å². The molecule has 0 fully saturated rings. The number of hydrogen-bond donors (Lipinski definition) is 2. The summed E-state index contributed by atoms with van der Waals surface area (Å²) >= 11 is 0. The van der Waals surface area contributed by atoms with E-state index in [9.17, 15) is 5.11 Å². The van der Waals surface area contributed by atoms with Gasteiger partial charge in [0.25, 0.3) is 0 Å². The Morgan fingerprint density at radius 3 is 3.07 bits per heavy atom. The van der Waals surface area contributed by atoms with E-state index in [1.54, 1.807) is 18.3 Å². The third kappa shape index (κ3) is 2.44. The molecule has 0 aromatic carbocycles. The van der Waals surface area contributed by atoms with Crippen LogP contribution in [0.25, 0.3) is 0 Å². The van der Waals surface area contributed by atoms with Crippen molar-refractivity contribution in [2.75, 3.05) is 11.9 Å². The van der Waals surface area contributed by atoms with Gasteiger partial charge in [-0.3, -0.25) is 4.98 Å². The molecule has 2 N–H and O–H groups in total. The Morgan fingerprint density at radius 2 is 2.43 bits per heavy atom. The summed E-state index contributed by atoms with van der Waals surface area (Å²) in [6, 6.07) is 1.78. The maximum Gasteiger partial charge on any atom is 0.101 e. The van der Waals surface area contributed by atoms with Crippen LogP contribution in [0.1, 0.15) is 11.7 Å². The zero-order chi connectivity index (χ0) is 10.4. The summed E-state index contributed by atoms with van der Waals surface area (Å²) in [4.78, 5) is 3.82. The Kier molecular flexibility index (Phi) is 3.88. The standard InChI is InChI=1S/C11H13N2O/c1-3-6-13-10-5-7-12-8-9(10)11(14)4-2/h3-5,7,11,14H,1-2,6H2,(H,12,13). The van der Waals surface area contributed by atoms with Crippen LogP contribution in [0.15, 0.2) is 37.6 Å². The average Bonchev–Trinajstić information content (AvgIpc) is 2.25. The molecular formula is C11H13N2O. The topological polar surface area (TPSA) is 45.2 Å². The lowest BCUT2D eigenvalue weighted by Crippen LogP contribution is -2.04. The molecule has 0 aliphatic carbocycles. The summed E-state index contributed by atoms with van der Waals surface area (Å²) in [7, 11) is 0. The van der Waals surface area contributed by atoms with Gasteiger partial charge in [-0.25, -0.2) is 0 Å². The van der Waals surface area contributed by atoms with Crippen molar-refractivity contribution in [1.82, 2.24) is 4.98 Å². The predicted molar refractivity (Wildman–Crippen MR) is 56.9 cm³/mol. The normalized spacial score (nSPS) is 11.8. The molecule has 3 heteroatoms. The maximum atomic E-state index is 9.55. The van der Waals surface area contributed by atoms with Gasteiger partial charge >= 0.3 is 0 Å². The number of hydrogen-bond acceptors (Lipinski definition) is 3. The van der Waals surface area contributed by atoms with Gasteiger partial charge in [-0.1, -0.05) is 12.2 Å². The van der Waals surface area contributed by atoms with E-state index in [4.69, 9.17) is 0 Å². The fourth-order valence-corrected chi connectivity index (χ4v) is 1.05. The number of aliphatic hydroxyl groups excluding tert-OH is 1. The summed E-state index contributed by atoms with van der Waals surface area (Å²) in [5.74, 6) is 0. The van der Waals surface area contributed by atoms with Crippen molar-refractivity contribution in [1.29, 1.82) is 0 Å². The van der Waals surface area contributed by atoms with Gasteiger partial charge < -0.3 is 10.4 Å². The van der Waals surface area contributed by atoms with Crippen LogP contribution in [-0.2, 0) is 0 Å². The second-order valence-corrected chi connectivity index (χ2v) is 2.73. The van der Waals surface area contributed by atoms with Crippen molar-refractivity contribution in [3.8, 4) is 0 Å². The van der Waals surface area contributed by atoms with Crippen LogP contribution in [0.5, 0.6) is 0 Å². The van der Waals surface area contributed by atoms with Crippen molar-refractivity contribution >= 4 is 5.69 Å². The smallest absolute Gasteiger partial charge is 0.101 e. The molecule has 14 heavy (non-hydrogen) atoms. The molecule has 1 aromatic heterocycles. The van der Waals surface area contributed by atoms with E-state index in [2.05, 4.69) is 29.7 Å². The Labute approximate surface area is 83.8 Å². The highest BCUT2D eigenvalue weighted by atomic mass is 16.3. The number of aliphatic hydroxyl groups is 1. The van der Waals surface area contributed by atoms with E-state index in [-0.39, 0.29) is 0 Å². The van der Waals surface area contributed by atoms with Crippen LogP contribution >= 0.6 is 0 Å². The Bertz CT molecular complexity index is 323. The quantitative estimate of drug-likeness (QED) is 0.693. The molecule has 1 aromatic rings. The number of anilines is 1. The molecule has 0 spiro atoms. The zero-order valence-corrected chi connectivity index (χ0v) is 7.90. The largest absolute Gasteiger partial charge is 0.384 e. The molecule has 1 atom stereocenters. The highest BCUT2D eigenvalue weighted by Crippen LogP contribution is 2.21. The fourth-order valence-electron chi connectivity index (χ4n) is 1.05. The molecule has 1 radical (unpaired) electrons. The molecular weight excluding hydrogens is 176 g/mol. The van der Waals surface area contributed by atoms with Crippen molar-refractivity contribution in [3.05, 3.63) is 49.3 Å². The summed E-state index contributed by atoms with van der Waals surface area (Å²) in [5.41, 5.74) is 1.40. The van der Waals surface area contributed by atoms with Gasteiger partial charge in [0.05, 0.1) is 6.20 Å². The van der Waals surface area contributed by atoms with Crippen molar-refractivity contribution in [2.24, 2.45) is 0 Å². The second-order valence-electron chi connectivity index (χ2n) is 2.73. The second kappa shape index (κ2) is 5.19. The monoisotopic (exact) mass is 189 g/mol. The van der Waals surface area contributed by atoms with Gasteiger partial charge in [0.15, 0.2) is 0 Å². The minimum absolute atomic E-state index is 0.601. The molecule has 0 saturated heterocycles. The number of rotatable bonds is 5. The zero-order valence-electron chi connectivity index (χ0n) is 7.90. The minimum Gasteiger partial charge on any atom is -0.384 e. The lowest BCUT2D eigenvalue weighted by Gasteiger charge is -2.11. The molecule has 73 valence electrons. The maximum absolute atomic E-state index is 9.55. The Morgan fingerprint density at radius 1 is 1.64 bits per heavy atom. The molecule has 0 bridgehead atoms. The first kappa shape index (κ1) is 10.5. The first-order valence-corrected chi connectivity index (χ1v) is 4.31. The first-order valence-electron chi connectivity index (χ1n) is 4.31. The van der Waals surface area contributed by atoms with Gasteiger partial charge in [0, 0.05) is 24.0 Å². The van der Waals surface area contributed by atoms with Gasteiger partial charge in [-0.2, -0.15) is 0 Å². The summed E-state index contributed by atoms with van der Waals surface area (Å²) in [6.45, 7) is 7.75. The number of pyridine rings is 1. The van der Waals surface area contributed by atoms with Crippen LogP contribution in [0.2, 0.25) is 0 Å². The number of nitrogens with one attached hydrogen (secondary N) is 1. The SMILES string of the molecule is C=CCNc1ccn[c]c1C(O)C=C. The third-order valence-electron chi connectivity index (χ3n) is 1.75. The van der Waals surface area contributed by atoms with Crippen LogP contribution in [-0.4, -0.2) is 16.6 Å². The van der Waals surface area contributed by atoms with E-state index < -0.39 is 6.10 Å². The van der Waals surface area contributed by atoms with Crippen LogP contribution in [0.3, 0.4) is 0 Å². The summed E-state index contributed by atoms with van der Waals surface area (Å²) in [5, 5.41) is 12.6. The van der Waals surface area contributed by atoms with Gasteiger partial charge in [0.1, 0.15) is 6.10 Å². The van der Waals surface area contributed by atoms with E-state index in [1.807, 2.05) is 0 Å². The molecule has 1 heterocycles. The molecule has 0 aliphatic heterocycles. The van der Waals surface area contributed by atoms with Crippen LogP contribution in [0.4, 0.5) is 5.69 Å². The van der Waals surface area contributed by atoms with E-state index in [0.29, 0.717) is 12.1 Å². The predicted octanol–water partition coefficient (Wildman–Crippen LogP) is 1.70. The van der Waals surface area contributed by atoms with E-state index >= 15 is 0 Å². The fraction of sp³-hybridized carbons (Fsp3) is 0.182. The van der Waals surface area contributed by atoms with Gasteiger partial charge in [-0.05, 0) is 6.07 Å². The average molecular weight is 189 g/mol. The lowest BCUT2D eigenvalue weighted by atomic mass is 10.1. The highest BCUT2D eigenvalue weighted by molar-refractivity contribution is 5.51. The molecule has 1 rings (SSSR count). The summed E-state index contributed by atoms with van der Waals surface area (Å²) in [6.07, 6.45) is 6.78. The van der Waals surface area contributed by atoms with Crippen molar-refractivity contribution < 1.29 is 5.11 Å². The van der Waals surface area contributed by atoms with Gasteiger partial charge in [-0.15, -0.1) is 13.2 Å². The molecule has 1 unspecified atom stereocenters. The first-order chi connectivity index (χ1) is 6.79. The highest BCUT2D eigenvalue weighted by Gasteiger charge is 2.08. The lowest BCUT2D eigenvalue weighted by molar-refractivity contribution is 0.229. The van der Waals surface area contributed by atoms with Crippen LogP contribution < -0.4 is 5.32 Å². The van der Waals surface area contributed by atoms with Crippen LogP contribution in [0, 0.1) is 6.20 Å². The summed E-state index contributed by atoms with van der Waals surface area (Å²) < 4.78 is 0. The Hall–Kier alpha value is -1.61. The third-order valence-corrected chi connectivity index (χ3v) is 1.75. The molecule has 0 saturated carbocycles.